The summed E-state index contributed by atoms with van der Waals surface area (Å²) in [6, 6.07) is 19.0. The Bertz CT molecular complexity index is 1460. The minimum Gasteiger partial charge on any atom is -0.342 e. The van der Waals surface area contributed by atoms with Gasteiger partial charge >= 0.3 is 11.1 Å². The van der Waals surface area contributed by atoms with Crippen molar-refractivity contribution in [2.24, 2.45) is 0 Å². The van der Waals surface area contributed by atoms with Gasteiger partial charge in [-0.1, -0.05) is 30.3 Å². The van der Waals surface area contributed by atoms with Crippen LogP contribution in [-0.4, -0.2) is 19.5 Å². The Labute approximate surface area is 159 Å². The number of aromatic amines is 2. The predicted octanol–water partition coefficient (Wildman–Crippen LogP) is 3.53. The number of hydrogen-bond donors (Lipinski definition) is 2. The number of H-pyrrole nitrogens is 2. The summed E-state index contributed by atoms with van der Waals surface area (Å²) in [6.07, 6.45) is 1.77. The minimum absolute atomic E-state index is 0.607. The average Bonchev–Trinajstić information content (AvgIpc) is 3.15. The molecule has 0 aliphatic rings. The van der Waals surface area contributed by atoms with Crippen molar-refractivity contribution >= 4 is 21.8 Å². The zero-order chi connectivity index (χ0) is 19.3. The highest BCUT2D eigenvalue weighted by atomic mass is 16.2. The van der Waals surface area contributed by atoms with E-state index >= 15 is 0 Å². The molecule has 0 saturated heterocycles. The van der Waals surface area contributed by atoms with Gasteiger partial charge in [-0.25, -0.2) is 4.98 Å². The zero-order valence-electron chi connectivity index (χ0n) is 15.1. The van der Waals surface area contributed by atoms with Crippen molar-refractivity contribution in [3.63, 3.8) is 0 Å². The molecule has 0 saturated carbocycles. The number of rotatable bonds is 2. The van der Waals surface area contributed by atoms with Gasteiger partial charge in [-0.05, 0) is 42.6 Å². The first-order valence-corrected chi connectivity index (χ1v) is 8.91. The fourth-order valence-corrected chi connectivity index (χ4v) is 3.54. The van der Waals surface area contributed by atoms with Crippen LogP contribution in [0, 0.1) is 6.92 Å². The highest BCUT2D eigenvalue weighted by Gasteiger charge is 2.12. The summed E-state index contributed by atoms with van der Waals surface area (Å²) in [6.45, 7) is 1.94. The molecule has 6 heteroatoms. The molecule has 0 amide bonds. The Morgan fingerprint density at radius 2 is 1.68 bits per heavy atom. The molecule has 0 spiro atoms. The van der Waals surface area contributed by atoms with E-state index in [0.29, 0.717) is 16.7 Å². The standard InChI is InChI=1S/C22H16N4O2/c1-13-12-23-20(24-13)15-6-9-16(10-7-15)26-18-11-8-14-4-2-3-5-17(14)19(18)25-21(27)22(26)28/h2-12H,1H3,(H,23,24)(H,25,27). The van der Waals surface area contributed by atoms with Crippen LogP contribution in [0.1, 0.15) is 5.69 Å². The normalized spacial score (nSPS) is 11.3. The van der Waals surface area contributed by atoms with E-state index in [0.717, 1.165) is 27.9 Å². The second-order valence-electron chi connectivity index (χ2n) is 6.74. The van der Waals surface area contributed by atoms with Gasteiger partial charge in [0.1, 0.15) is 5.82 Å². The molecule has 28 heavy (non-hydrogen) atoms. The van der Waals surface area contributed by atoms with E-state index in [9.17, 15) is 9.59 Å². The molecule has 2 heterocycles. The third kappa shape index (κ3) is 2.46. The molecule has 0 aliphatic carbocycles. The lowest BCUT2D eigenvalue weighted by molar-refractivity contribution is 0.989. The largest absolute Gasteiger partial charge is 0.342 e. The lowest BCUT2D eigenvalue weighted by atomic mass is 10.1. The second-order valence-corrected chi connectivity index (χ2v) is 6.74. The predicted molar refractivity (Wildman–Crippen MR) is 110 cm³/mol. The first-order chi connectivity index (χ1) is 13.6. The summed E-state index contributed by atoms with van der Waals surface area (Å²) in [5.74, 6) is 0.762. The van der Waals surface area contributed by atoms with Crippen LogP contribution in [0.2, 0.25) is 0 Å². The maximum absolute atomic E-state index is 12.7. The van der Waals surface area contributed by atoms with Gasteiger partial charge in [-0.15, -0.1) is 0 Å². The van der Waals surface area contributed by atoms with Gasteiger partial charge in [-0.2, -0.15) is 0 Å². The molecule has 0 radical (unpaired) electrons. The Morgan fingerprint density at radius 1 is 0.893 bits per heavy atom. The molecule has 0 fully saturated rings. The number of benzene rings is 3. The van der Waals surface area contributed by atoms with Crippen LogP contribution in [0.25, 0.3) is 38.9 Å². The summed E-state index contributed by atoms with van der Waals surface area (Å²) in [5, 5.41) is 1.90. The molecular formula is C22H16N4O2. The third-order valence-electron chi connectivity index (χ3n) is 4.89. The Kier molecular flexibility index (Phi) is 3.52. The maximum Gasteiger partial charge on any atom is 0.321 e. The Hall–Kier alpha value is -3.93. The minimum atomic E-state index is -0.644. The fourth-order valence-electron chi connectivity index (χ4n) is 3.54. The zero-order valence-corrected chi connectivity index (χ0v) is 15.1. The molecule has 0 aliphatic heterocycles. The monoisotopic (exact) mass is 368 g/mol. The second kappa shape index (κ2) is 6.06. The van der Waals surface area contributed by atoms with Crippen LogP contribution in [0.4, 0.5) is 0 Å². The molecule has 136 valence electrons. The Morgan fingerprint density at radius 3 is 2.43 bits per heavy atom. The molecule has 5 rings (SSSR count). The molecule has 2 aromatic heterocycles. The third-order valence-corrected chi connectivity index (χ3v) is 4.89. The van der Waals surface area contributed by atoms with Crippen LogP contribution in [-0.2, 0) is 0 Å². The van der Waals surface area contributed by atoms with Crippen molar-refractivity contribution in [2.45, 2.75) is 6.92 Å². The number of nitrogens with one attached hydrogen (secondary N) is 2. The summed E-state index contributed by atoms with van der Waals surface area (Å²) in [7, 11) is 0. The Balaban J connectivity index is 1.76. The van der Waals surface area contributed by atoms with E-state index in [-0.39, 0.29) is 0 Å². The van der Waals surface area contributed by atoms with Crippen LogP contribution in [0.3, 0.4) is 0 Å². The topological polar surface area (TPSA) is 83.5 Å². The van der Waals surface area contributed by atoms with E-state index in [2.05, 4.69) is 15.0 Å². The molecule has 5 aromatic rings. The molecule has 2 N–H and O–H groups in total. The van der Waals surface area contributed by atoms with Gasteiger partial charge in [0.25, 0.3) is 0 Å². The molecular weight excluding hydrogens is 352 g/mol. The first-order valence-electron chi connectivity index (χ1n) is 8.91. The number of imidazole rings is 1. The molecule has 6 nitrogen and oxygen atoms in total. The summed E-state index contributed by atoms with van der Waals surface area (Å²) in [4.78, 5) is 35.3. The SMILES string of the molecule is Cc1cnc(-c2ccc(-n3c(=O)c(=O)[nH]c4c5ccccc5ccc43)cc2)[nH]1. The molecule has 3 aromatic carbocycles. The van der Waals surface area contributed by atoms with Crippen LogP contribution in [0.5, 0.6) is 0 Å². The van der Waals surface area contributed by atoms with Crippen molar-refractivity contribution in [2.75, 3.05) is 0 Å². The lowest BCUT2D eigenvalue weighted by Gasteiger charge is -2.12. The average molecular weight is 368 g/mol. The van der Waals surface area contributed by atoms with Crippen molar-refractivity contribution in [3.8, 4) is 17.1 Å². The van der Waals surface area contributed by atoms with Gasteiger partial charge in [0.05, 0.1) is 11.0 Å². The molecule has 0 bridgehead atoms. The van der Waals surface area contributed by atoms with Crippen molar-refractivity contribution < 1.29 is 0 Å². The van der Waals surface area contributed by atoms with Crippen molar-refractivity contribution in [3.05, 3.63) is 93.3 Å². The van der Waals surface area contributed by atoms with Gasteiger partial charge in [0.2, 0.25) is 0 Å². The van der Waals surface area contributed by atoms with Gasteiger partial charge in [0, 0.05) is 28.5 Å². The fraction of sp³-hybridized carbons (Fsp3) is 0.0455. The van der Waals surface area contributed by atoms with Gasteiger partial charge in [-0.3, -0.25) is 14.2 Å². The highest BCUT2D eigenvalue weighted by Crippen LogP contribution is 2.24. The maximum atomic E-state index is 12.7. The quantitative estimate of drug-likeness (QED) is 0.369. The van der Waals surface area contributed by atoms with Gasteiger partial charge in [0.15, 0.2) is 0 Å². The summed E-state index contributed by atoms with van der Waals surface area (Å²) in [5.41, 5.74) is 2.56. The van der Waals surface area contributed by atoms with Crippen LogP contribution < -0.4 is 11.1 Å². The van der Waals surface area contributed by atoms with E-state index in [1.165, 1.54) is 4.57 Å². The number of aromatic nitrogens is 4. The molecule has 0 unspecified atom stereocenters. The number of nitrogens with zero attached hydrogens (tertiary/aromatic N) is 2. The van der Waals surface area contributed by atoms with E-state index in [1.807, 2.05) is 67.6 Å². The van der Waals surface area contributed by atoms with Crippen LogP contribution in [0.15, 0.2) is 76.4 Å². The van der Waals surface area contributed by atoms with Crippen molar-refractivity contribution in [1.29, 1.82) is 0 Å². The van der Waals surface area contributed by atoms with E-state index in [4.69, 9.17) is 0 Å². The van der Waals surface area contributed by atoms with Crippen molar-refractivity contribution in [1.82, 2.24) is 19.5 Å². The number of aryl methyl sites for hydroxylation is 1. The molecule has 0 atom stereocenters. The highest BCUT2D eigenvalue weighted by molar-refractivity contribution is 6.04. The van der Waals surface area contributed by atoms with E-state index in [1.54, 1.807) is 6.20 Å². The van der Waals surface area contributed by atoms with Crippen LogP contribution >= 0.6 is 0 Å². The summed E-state index contributed by atoms with van der Waals surface area (Å²) >= 11 is 0. The van der Waals surface area contributed by atoms with E-state index < -0.39 is 11.1 Å². The number of fused-ring (bicyclic) bond motifs is 3. The first kappa shape index (κ1) is 16.3. The lowest BCUT2D eigenvalue weighted by Crippen LogP contribution is -2.35. The summed E-state index contributed by atoms with van der Waals surface area (Å²) < 4.78 is 1.46. The number of hydrogen-bond acceptors (Lipinski definition) is 3. The van der Waals surface area contributed by atoms with Gasteiger partial charge < -0.3 is 9.97 Å². The smallest absolute Gasteiger partial charge is 0.321 e.